The zero-order valence-electron chi connectivity index (χ0n) is 16.4. The second-order valence-electron chi connectivity index (χ2n) is 6.68. The highest BCUT2D eigenvalue weighted by molar-refractivity contribution is 7.71. The third-order valence-electron chi connectivity index (χ3n) is 4.50. The first-order valence-corrected chi connectivity index (χ1v) is 9.68. The smallest absolute Gasteiger partial charge is 0.251 e. The van der Waals surface area contributed by atoms with Crippen LogP contribution in [0.5, 0.6) is 0 Å². The lowest BCUT2D eigenvalue weighted by molar-refractivity contribution is -0.121. The van der Waals surface area contributed by atoms with Gasteiger partial charge in [-0.3, -0.25) is 19.3 Å². The minimum atomic E-state index is -0.156. The van der Waals surface area contributed by atoms with Crippen LogP contribution in [0.4, 0.5) is 0 Å². The van der Waals surface area contributed by atoms with E-state index in [1.165, 1.54) is 0 Å². The van der Waals surface area contributed by atoms with Crippen LogP contribution in [0.25, 0.3) is 11.4 Å². The Morgan fingerprint density at radius 2 is 1.97 bits per heavy atom. The van der Waals surface area contributed by atoms with E-state index in [2.05, 4.69) is 20.8 Å². The number of amides is 2. The Morgan fingerprint density at radius 1 is 1.17 bits per heavy atom. The highest BCUT2D eigenvalue weighted by atomic mass is 32.1. The van der Waals surface area contributed by atoms with Crippen molar-refractivity contribution in [2.45, 2.75) is 26.4 Å². The molecule has 3 aromatic rings. The normalized spacial score (nSPS) is 10.6. The minimum Gasteiger partial charge on any atom is -0.355 e. The van der Waals surface area contributed by atoms with Gasteiger partial charge in [0.2, 0.25) is 5.91 Å². The van der Waals surface area contributed by atoms with Crippen molar-refractivity contribution in [2.75, 3.05) is 7.05 Å². The maximum Gasteiger partial charge on any atom is 0.251 e. The van der Waals surface area contributed by atoms with Crippen LogP contribution in [-0.4, -0.2) is 33.6 Å². The van der Waals surface area contributed by atoms with E-state index in [4.69, 9.17) is 12.2 Å². The predicted octanol–water partition coefficient (Wildman–Crippen LogP) is 2.98. The zero-order valence-corrected chi connectivity index (χ0v) is 17.2. The number of rotatable bonds is 7. The van der Waals surface area contributed by atoms with Crippen molar-refractivity contribution in [3.63, 3.8) is 0 Å². The number of hydrogen-bond donors (Lipinski definition) is 3. The van der Waals surface area contributed by atoms with E-state index in [0.29, 0.717) is 29.2 Å². The van der Waals surface area contributed by atoms with E-state index in [9.17, 15) is 9.59 Å². The van der Waals surface area contributed by atoms with Crippen LogP contribution in [0.2, 0.25) is 0 Å². The fourth-order valence-electron chi connectivity index (χ4n) is 3.00. The van der Waals surface area contributed by atoms with Crippen molar-refractivity contribution in [1.82, 2.24) is 25.4 Å². The molecule has 0 radical (unpaired) electrons. The Labute approximate surface area is 174 Å². The molecule has 29 heavy (non-hydrogen) atoms. The van der Waals surface area contributed by atoms with Crippen LogP contribution < -0.4 is 10.6 Å². The van der Waals surface area contributed by atoms with E-state index in [1.54, 1.807) is 25.2 Å². The first-order valence-electron chi connectivity index (χ1n) is 9.28. The quantitative estimate of drug-likeness (QED) is 0.523. The topological polar surface area (TPSA) is 91.8 Å². The molecule has 3 rings (SSSR count). The minimum absolute atomic E-state index is 0.103. The molecule has 0 aliphatic heterocycles. The number of aromatic nitrogens is 3. The predicted molar refractivity (Wildman–Crippen MR) is 114 cm³/mol. The number of hydrogen-bond acceptors (Lipinski definition) is 4. The van der Waals surface area contributed by atoms with Gasteiger partial charge in [-0.15, -0.1) is 0 Å². The van der Waals surface area contributed by atoms with E-state index in [0.717, 1.165) is 16.7 Å². The number of carbonyl (C=O) groups excluding carboxylic acids is 2. The number of benzene rings is 2. The third kappa shape index (κ3) is 5.17. The fraction of sp³-hybridized carbons (Fsp3) is 0.238. The number of nitrogens with zero attached hydrogens (tertiary/aromatic N) is 2. The SMILES string of the molecule is CNC(=O)c1cccc(CNC(=O)CCn2c(-c3cccc(C)c3)n[nH]c2=S)c1. The van der Waals surface area contributed by atoms with Gasteiger partial charge in [0.1, 0.15) is 0 Å². The van der Waals surface area contributed by atoms with Gasteiger partial charge in [-0.25, -0.2) is 0 Å². The Bertz CT molecular complexity index is 1090. The first-order chi connectivity index (χ1) is 14.0. The van der Waals surface area contributed by atoms with Gasteiger partial charge in [0.15, 0.2) is 10.6 Å². The highest BCUT2D eigenvalue weighted by Gasteiger charge is 2.11. The second kappa shape index (κ2) is 9.29. The molecular weight excluding hydrogens is 386 g/mol. The maximum atomic E-state index is 12.3. The summed E-state index contributed by atoms with van der Waals surface area (Å²) in [5.74, 6) is 0.453. The zero-order chi connectivity index (χ0) is 20.8. The number of aryl methyl sites for hydroxylation is 1. The summed E-state index contributed by atoms with van der Waals surface area (Å²) < 4.78 is 2.31. The van der Waals surface area contributed by atoms with Crippen molar-refractivity contribution in [3.8, 4) is 11.4 Å². The Kier molecular flexibility index (Phi) is 6.56. The van der Waals surface area contributed by atoms with Gasteiger partial charge in [0.05, 0.1) is 0 Å². The molecule has 0 aliphatic carbocycles. The molecule has 1 heterocycles. The fourth-order valence-corrected chi connectivity index (χ4v) is 3.22. The molecule has 0 saturated carbocycles. The lowest BCUT2D eigenvalue weighted by Crippen LogP contribution is -2.24. The van der Waals surface area contributed by atoms with Gasteiger partial charge < -0.3 is 10.6 Å². The van der Waals surface area contributed by atoms with E-state index >= 15 is 0 Å². The molecule has 150 valence electrons. The first kappa shape index (κ1) is 20.5. The van der Waals surface area contributed by atoms with Crippen molar-refractivity contribution in [3.05, 3.63) is 70.0 Å². The molecule has 0 unspecified atom stereocenters. The van der Waals surface area contributed by atoms with Crippen LogP contribution in [0.15, 0.2) is 48.5 Å². The third-order valence-corrected chi connectivity index (χ3v) is 4.81. The summed E-state index contributed by atoms with van der Waals surface area (Å²) in [6, 6.07) is 15.1. The molecule has 1 aromatic heterocycles. The van der Waals surface area contributed by atoms with Gasteiger partial charge in [-0.1, -0.05) is 35.9 Å². The van der Waals surface area contributed by atoms with Crippen LogP contribution in [-0.2, 0) is 17.9 Å². The van der Waals surface area contributed by atoms with Crippen LogP contribution in [0.1, 0.15) is 27.9 Å². The van der Waals surface area contributed by atoms with Gasteiger partial charge in [-0.2, -0.15) is 5.10 Å². The van der Waals surface area contributed by atoms with Crippen molar-refractivity contribution < 1.29 is 9.59 Å². The maximum absolute atomic E-state index is 12.3. The summed E-state index contributed by atoms with van der Waals surface area (Å²) in [5.41, 5.74) is 3.50. The Morgan fingerprint density at radius 3 is 2.72 bits per heavy atom. The molecule has 2 aromatic carbocycles. The summed E-state index contributed by atoms with van der Waals surface area (Å²) in [4.78, 5) is 24.1. The van der Waals surface area contributed by atoms with Crippen LogP contribution in [0.3, 0.4) is 0 Å². The Hall–Kier alpha value is -3.26. The lowest BCUT2D eigenvalue weighted by atomic mass is 10.1. The number of carbonyl (C=O) groups is 2. The van der Waals surface area contributed by atoms with Gasteiger partial charge in [-0.05, 0) is 42.9 Å². The summed E-state index contributed by atoms with van der Waals surface area (Å²) in [6.07, 6.45) is 0.266. The number of nitrogens with one attached hydrogen (secondary N) is 3. The average Bonchev–Trinajstić information content (AvgIpc) is 3.10. The molecule has 3 N–H and O–H groups in total. The molecule has 0 atom stereocenters. The monoisotopic (exact) mass is 409 g/mol. The average molecular weight is 410 g/mol. The van der Waals surface area contributed by atoms with Crippen molar-refractivity contribution in [2.24, 2.45) is 0 Å². The van der Waals surface area contributed by atoms with E-state index < -0.39 is 0 Å². The summed E-state index contributed by atoms with van der Waals surface area (Å²) in [5, 5.41) is 12.6. The molecule has 0 bridgehead atoms. The summed E-state index contributed by atoms with van der Waals surface area (Å²) >= 11 is 5.32. The van der Waals surface area contributed by atoms with Gasteiger partial charge >= 0.3 is 0 Å². The van der Waals surface area contributed by atoms with Crippen LogP contribution in [0, 0.1) is 11.7 Å². The largest absolute Gasteiger partial charge is 0.355 e. The summed E-state index contributed by atoms with van der Waals surface area (Å²) in [6.45, 7) is 2.79. The van der Waals surface area contributed by atoms with Crippen molar-refractivity contribution in [1.29, 1.82) is 0 Å². The van der Waals surface area contributed by atoms with Gasteiger partial charge in [0, 0.05) is 37.7 Å². The molecule has 2 amide bonds. The van der Waals surface area contributed by atoms with Crippen molar-refractivity contribution >= 4 is 24.0 Å². The molecular formula is C21H23N5O2S. The molecule has 7 nitrogen and oxygen atoms in total. The molecule has 0 saturated heterocycles. The summed E-state index contributed by atoms with van der Waals surface area (Å²) in [7, 11) is 1.59. The van der Waals surface area contributed by atoms with Crippen LogP contribution >= 0.6 is 12.2 Å². The van der Waals surface area contributed by atoms with E-state index in [-0.39, 0.29) is 18.2 Å². The molecule has 0 spiro atoms. The standard InChI is InChI=1S/C21H23N5O2S/c1-14-5-3-7-16(11-14)19-24-25-21(29)26(19)10-9-18(27)23-13-15-6-4-8-17(12-15)20(28)22-2/h3-8,11-12H,9-10,13H2,1-2H3,(H,22,28)(H,23,27)(H,25,29). The van der Waals surface area contributed by atoms with Gasteiger partial charge in [0.25, 0.3) is 5.91 Å². The molecule has 8 heteroatoms. The molecule has 0 aliphatic rings. The number of aromatic amines is 1. The highest BCUT2D eigenvalue weighted by Crippen LogP contribution is 2.18. The number of H-pyrrole nitrogens is 1. The lowest BCUT2D eigenvalue weighted by Gasteiger charge is -2.09. The molecule has 0 fully saturated rings. The van der Waals surface area contributed by atoms with E-state index in [1.807, 2.05) is 41.8 Å². The second-order valence-corrected chi connectivity index (χ2v) is 7.07. The Balaban J connectivity index is 1.61.